The van der Waals surface area contributed by atoms with Gasteiger partial charge in [-0.15, -0.1) is 0 Å². The molecule has 2 aromatic heterocycles. The first-order valence-corrected chi connectivity index (χ1v) is 6.28. The molecule has 0 saturated heterocycles. The third-order valence-corrected chi connectivity index (χ3v) is 2.57. The van der Waals surface area contributed by atoms with Crippen LogP contribution in [0.5, 0.6) is 0 Å². The highest BCUT2D eigenvalue weighted by atomic mass is 32.2. The zero-order valence-corrected chi connectivity index (χ0v) is 8.90. The Morgan fingerprint density at radius 3 is 2.87 bits per heavy atom. The van der Waals surface area contributed by atoms with Crippen molar-refractivity contribution in [2.24, 2.45) is 0 Å². The number of nitrogen functional groups attached to an aromatic ring is 1. The van der Waals surface area contributed by atoms with Gasteiger partial charge in [0, 0.05) is 6.26 Å². The number of anilines is 1. The number of nitrogens with zero attached hydrogens (tertiary/aromatic N) is 3. The lowest BCUT2D eigenvalue weighted by molar-refractivity contribution is 0.599. The summed E-state index contributed by atoms with van der Waals surface area (Å²) in [6.45, 7) is 0. The van der Waals surface area contributed by atoms with Crippen molar-refractivity contribution in [3.05, 3.63) is 24.2 Å². The van der Waals surface area contributed by atoms with E-state index in [0.717, 1.165) is 6.26 Å². The summed E-state index contributed by atoms with van der Waals surface area (Å²) in [6.07, 6.45) is 2.74. The zero-order valence-electron chi connectivity index (χ0n) is 8.08. The van der Waals surface area contributed by atoms with Crippen LogP contribution in [0.3, 0.4) is 0 Å². The molecular formula is C8H10N4O2S. The van der Waals surface area contributed by atoms with Crippen molar-refractivity contribution in [3.8, 4) is 0 Å². The summed E-state index contributed by atoms with van der Waals surface area (Å²) in [5.41, 5.74) is 6.69. The van der Waals surface area contributed by atoms with Crippen molar-refractivity contribution in [2.45, 2.75) is 5.75 Å². The fourth-order valence-electron chi connectivity index (χ4n) is 1.24. The number of hydrogen-bond donors (Lipinski definition) is 1. The van der Waals surface area contributed by atoms with E-state index in [1.807, 2.05) is 0 Å². The number of rotatable bonds is 2. The van der Waals surface area contributed by atoms with Crippen LogP contribution in [0.1, 0.15) is 5.82 Å². The minimum atomic E-state index is -3.10. The van der Waals surface area contributed by atoms with Crippen LogP contribution >= 0.6 is 0 Å². The van der Waals surface area contributed by atoms with Crippen molar-refractivity contribution < 1.29 is 8.42 Å². The molecule has 0 unspecified atom stereocenters. The molecule has 0 aliphatic heterocycles. The smallest absolute Gasteiger partial charge is 0.166 e. The Morgan fingerprint density at radius 2 is 2.20 bits per heavy atom. The van der Waals surface area contributed by atoms with Gasteiger partial charge in [0.25, 0.3) is 0 Å². The van der Waals surface area contributed by atoms with Gasteiger partial charge in [0.15, 0.2) is 21.3 Å². The number of aromatic nitrogens is 3. The molecule has 2 aromatic rings. The highest BCUT2D eigenvalue weighted by molar-refractivity contribution is 7.89. The number of nitrogens with two attached hydrogens (primary N) is 1. The summed E-state index contributed by atoms with van der Waals surface area (Å²) in [5, 5.41) is 4.01. The van der Waals surface area contributed by atoms with E-state index >= 15 is 0 Å². The Morgan fingerprint density at radius 1 is 1.47 bits per heavy atom. The van der Waals surface area contributed by atoms with E-state index in [1.54, 1.807) is 18.3 Å². The third-order valence-electron chi connectivity index (χ3n) is 1.79. The second-order valence-corrected chi connectivity index (χ2v) is 5.50. The van der Waals surface area contributed by atoms with Crippen LogP contribution in [0.4, 0.5) is 5.69 Å². The van der Waals surface area contributed by atoms with Crippen molar-refractivity contribution >= 4 is 21.2 Å². The molecule has 0 fully saturated rings. The predicted octanol–water partition coefficient (Wildman–Crippen LogP) is -0.144. The maximum Gasteiger partial charge on any atom is 0.166 e. The molecule has 0 bridgehead atoms. The first-order valence-electron chi connectivity index (χ1n) is 4.22. The molecule has 2 rings (SSSR count). The number of hydrogen-bond acceptors (Lipinski definition) is 5. The van der Waals surface area contributed by atoms with Gasteiger partial charge >= 0.3 is 0 Å². The third kappa shape index (κ3) is 2.24. The lowest BCUT2D eigenvalue weighted by Gasteiger charge is -1.91. The highest BCUT2D eigenvalue weighted by Crippen LogP contribution is 2.07. The molecule has 7 heteroatoms. The van der Waals surface area contributed by atoms with Gasteiger partial charge in [0.05, 0.1) is 11.9 Å². The Kier molecular flexibility index (Phi) is 2.11. The molecule has 80 valence electrons. The Balaban J connectivity index is 2.48. The summed E-state index contributed by atoms with van der Waals surface area (Å²) >= 11 is 0. The van der Waals surface area contributed by atoms with Crippen LogP contribution in [-0.2, 0) is 15.6 Å². The second kappa shape index (κ2) is 3.20. The largest absolute Gasteiger partial charge is 0.397 e. The number of sulfone groups is 1. The van der Waals surface area contributed by atoms with Gasteiger partial charge in [-0.1, -0.05) is 0 Å². The van der Waals surface area contributed by atoms with Crippen LogP contribution in [0.15, 0.2) is 18.3 Å². The molecule has 6 nitrogen and oxygen atoms in total. The van der Waals surface area contributed by atoms with Gasteiger partial charge in [-0.3, -0.25) is 0 Å². The molecule has 15 heavy (non-hydrogen) atoms. The van der Waals surface area contributed by atoms with Crippen molar-refractivity contribution in [1.82, 2.24) is 14.6 Å². The van der Waals surface area contributed by atoms with Gasteiger partial charge in [0.2, 0.25) is 0 Å². The lowest BCUT2D eigenvalue weighted by Crippen LogP contribution is -2.02. The van der Waals surface area contributed by atoms with Crippen molar-refractivity contribution in [3.63, 3.8) is 0 Å². The topological polar surface area (TPSA) is 90.3 Å². The molecule has 0 aliphatic rings. The summed E-state index contributed by atoms with van der Waals surface area (Å²) < 4.78 is 23.5. The van der Waals surface area contributed by atoms with Gasteiger partial charge in [0.1, 0.15) is 5.75 Å². The van der Waals surface area contributed by atoms with Gasteiger partial charge in [-0.25, -0.2) is 17.9 Å². The Hall–Kier alpha value is -1.63. The summed E-state index contributed by atoms with van der Waals surface area (Å²) in [4.78, 5) is 4.06. The standard InChI is InChI=1S/C8H10N4O2S/c1-15(13,14)5-7-10-8-3-2-6(9)4-12(8)11-7/h2-4H,5,9H2,1H3. The molecule has 0 radical (unpaired) electrons. The lowest BCUT2D eigenvalue weighted by atomic mass is 10.4. The molecule has 2 N–H and O–H groups in total. The maximum atomic E-state index is 11.0. The first kappa shape index (κ1) is 9.91. The highest BCUT2D eigenvalue weighted by Gasteiger charge is 2.10. The quantitative estimate of drug-likeness (QED) is 0.769. The fourth-order valence-corrected chi connectivity index (χ4v) is 1.83. The SMILES string of the molecule is CS(=O)(=O)Cc1nc2ccc(N)cn2n1. The minimum Gasteiger partial charge on any atom is -0.397 e. The maximum absolute atomic E-state index is 11.0. The van der Waals surface area contributed by atoms with Gasteiger partial charge < -0.3 is 5.73 Å². The van der Waals surface area contributed by atoms with E-state index in [1.165, 1.54) is 4.52 Å². The van der Waals surface area contributed by atoms with Gasteiger partial charge in [-0.05, 0) is 12.1 Å². The van der Waals surface area contributed by atoms with Crippen molar-refractivity contribution in [1.29, 1.82) is 0 Å². The number of pyridine rings is 1. The predicted molar refractivity (Wildman–Crippen MR) is 55.9 cm³/mol. The molecule has 0 spiro atoms. The Labute approximate surface area is 86.7 Å². The van der Waals surface area contributed by atoms with Crippen LogP contribution in [0.2, 0.25) is 0 Å². The van der Waals surface area contributed by atoms with Crippen LogP contribution in [0.25, 0.3) is 5.65 Å². The van der Waals surface area contributed by atoms with E-state index in [4.69, 9.17) is 5.73 Å². The molecule has 0 saturated carbocycles. The van der Waals surface area contributed by atoms with Crippen LogP contribution in [-0.4, -0.2) is 29.3 Å². The molecule has 0 amide bonds. The monoisotopic (exact) mass is 226 g/mol. The molecule has 2 heterocycles. The van der Waals surface area contributed by atoms with Crippen LogP contribution < -0.4 is 5.73 Å². The summed E-state index contributed by atoms with van der Waals surface area (Å²) in [7, 11) is -3.10. The average molecular weight is 226 g/mol. The van der Waals surface area contributed by atoms with E-state index < -0.39 is 9.84 Å². The zero-order chi connectivity index (χ0) is 11.1. The number of fused-ring (bicyclic) bond motifs is 1. The van der Waals surface area contributed by atoms with Crippen LogP contribution in [0, 0.1) is 0 Å². The van der Waals surface area contributed by atoms with E-state index in [0.29, 0.717) is 11.3 Å². The second-order valence-electron chi connectivity index (χ2n) is 3.36. The Bertz CT molecular complexity index is 602. The normalized spacial score (nSPS) is 12.1. The molecule has 0 atom stereocenters. The average Bonchev–Trinajstić information content (AvgIpc) is 2.42. The fraction of sp³-hybridized carbons (Fsp3) is 0.250. The first-order chi connectivity index (χ1) is 6.94. The van der Waals surface area contributed by atoms with Crippen molar-refractivity contribution in [2.75, 3.05) is 12.0 Å². The van der Waals surface area contributed by atoms with Gasteiger partial charge in [-0.2, -0.15) is 5.10 Å². The van der Waals surface area contributed by atoms with E-state index in [9.17, 15) is 8.42 Å². The molecule has 0 aliphatic carbocycles. The molecule has 0 aromatic carbocycles. The van der Waals surface area contributed by atoms with E-state index in [2.05, 4.69) is 10.1 Å². The summed E-state index contributed by atoms with van der Waals surface area (Å²) in [5.74, 6) is 0.122. The summed E-state index contributed by atoms with van der Waals surface area (Å²) in [6, 6.07) is 3.38. The molecular weight excluding hydrogens is 216 g/mol. The van der Waals surface area contributed by atoms with E-state index in [-0.39, 0.29) is 11.6 Å². The minimum absolute atomic E-state index is 0.158.